The van der Waals surface area contributed by atoms with E-state index in [4.69, 9.17) is 9.81 Å². The summed E-state index contributed by atoms with van der Waals surface area (Å²) in [5, 5.41) is 16.6. The summed E-state index contributed by atoms with van der Waals surface area (Å²) in [5.74, 6) is -0.733. The SMILES string of the molecule is N#C/C(=C/NCCCNC=O)C(=O)Nc1cccc(S(=O)(=O)O)c1. The summed E-state index contributed by atoms with van der Waals surface area (Å²) in [6.45, 7) is 0.901. The highest BCUT2D eigenvalue weighted by Crippen LogP contribution is 2.15. The Labute approximate surface area is 139 Å². The van der Waals surface area contributed by atoms with Gasteiger partial charge in [0.2, 0.25) is 6.41 Å². The van der Waals surface area contributed by atoms with Crippen LogP contribution in [-0.2, 0) is 19.7 Å². The van der Waals surface area contributed by atoms with Crippen molar-refractivity contribution in [1.29, 1.82) is 5.26 Å². The number of benzene rings is 1. The van der Waals surface area contributed by atoms with Crippen LogP contribution in [0.5, 0.6) is 0 Å². The minimum absolute atomic E-state index is 0.117. The number of nitriles is 1. The van der Waals surface area contributed by atoms with Gasteiger partial charge in [0, 0.05) is 25.0 Å². The maximum atomic E-state index is 12.0. The minimum Gasteiger partial charge on any atom is -0.390 e. The Morgan fingerprint density at radius 3 is 2.62 bits per heavy atom. The maximum Gasteiger partial charge on any atom is 0.294 e. The van der Waals surface area contributed by atoms with Gasteiger partial charge in [0.1, 0.15) is 11.6 Å². The number of nitrogens with zero attached hydrogens (tertiary/aromatic N) is 1. The van der Waals surface area contributed by atoms with Crippen molar-refractivity contribution in [1.82, 2.24) is 10.6 Å². The van der Waals surface area contributed by atoms with Gasteiger partial charge < -0.3 is 16.0 Å². The summed E-state index contributed by atoms with van der Waals surface area (Å²) in [7, 11) is -4.39. The van der Waals surface area contributed by atoms with Gasteiger partial charge in [-0.05, 0) is 24.6 Å². The fourth-order valence-electron chi connectivity index (χ4n) is 1.61. The predicted molar refractivity (Wildman–Crippen MR) is 85.3 cm³/mol. The van der Waals surface area contributed by atoms with Crippen LogP contribution < -0.4 is 16.0 Å². The molecule has 10 heteroatoms. The Bertz CT molecular complexity index is 768. The number of hydrogen-bond acceptors (Lipinski definition) is 6. The van der Waals surface area contributed by atoms with E-state index < -0.39 is 16.0 Å². The number of nitrogens with one attached hydrogen (secondary N) is 3. The highest BCUT2D eigenvalue weighted by atomic mass is 32.2. The third-order valence-corrected chi connectivity index (χ3v) is 3.58. The quantitative estimate of drug-likeness (QED) is 0.161. The number of carbonyl (C=O) groups excluding carboxylic acids is 2. The second-order valence-corrected chi connectivity index (χ2v) is 5.93. The molecule has 0 saturated heterocycles. The lowest BCUT2D eigenvalue weighted by Crippen LogP contribution is -2.20. The monoisotopic (exact) mass is 352 g/mol. The van der Waals surface area contributed by atoms with Crippen molar-refractivity contribution in [3.05, 3.63) is 36.0 Å². The van der Waals surface area contributed by atoms with Gasteiger partial charge in [0.15, 0.2) is 0 Å². The summed E-state index contributed by atoms with van der Waals surface area (Å²) in [4.78, 5) is 21.6. The number of anilines is 1. The molecule has 0 heterocycles. The van der Waals surface area contributed by atoms with Gasteiger partial charge in [-0.15, -0.1) is 0 Å². The summed E-state index contributed by atoms with van der Waals surface area (Å²) in [6, 6.07) is 6.71. The Morgan fingerprint density at radius 1 is 1.29 bits per heavy atom. The van der Waals surface area contributed by atoms with E-state index in [1.165, 1.54) is 24.4 Å². The van der Waals surface area contributed by atoms with Crippen LogP contribution in [0.2, 0.25) is 0 Å². The van der Waals surface area contributed by atoms with Crippen LogP contribution in [-0.4, -0.2) is 38.4 Å². The first-order valence-corrected chi connectivity index (χ1v) is 8.22. The average molecular weight is 352 g/mol. The standard InChI is InChI=1S/C14H16N4O5S/c15-8-11(9-16-5-2-6-17-10-19)14(20)18-12-3-1-4-13(7-12)24(21,22)23/h1,3-4,7,9-10,16H,2,5-6H2,(H,17,19)(H,18,20)(H,21,22,23)/b11-9-. The second kappa shape index (κ2) is 9.29. The molecule has 1 aromatic carbocycles. The molecule has 0 bridgehead atoms. The van der Waals surface area contributed by atoms with Gasteiger partial charge in [-0.1, -0.05) is 6.07 Å². The predicted octanol–water partition coefficient (Wildman–Crippen LogP) is 0.00498. The first-order valence-electron chi connectivity index (χ1n) is 6.78. The molecule has 24 heavy (non-hydrogen) atoms. The van der Waals surface area contributed by atoms with Crippen molar-refractivity contribution in [3.8, 4) is 6.07 Å². The molecule has 0 aliphatic rings. The molecule has 0 saturated carbocycles. The van der Waals surface area contributed by atoms with E-state index in [2.05, 4.69) is 16.0 Å². The van der Waals surface area contributed by atoms with Crippen LogP contribution in [0.15, 0.2) is 40.9 Å². The Hall–Kier alpha value is -2.90. The Balaban J connectivity index is 2.68. The second-order valence-electron chi connectivity index (χ2n) is 4.51. The molecular weight excluding hydrogens is 336 g/mol. The number of rotatable bonds is 9. The normalized spacial score (nSPS) is 11.2. The molecule has 0 fully saturated rings. The lowest BCUT2D eigenvalue weighted by molar-refractivity contribution is -0.112. The van der Waals surface area contributed by atoms with E-state index in [1.807, 2.05) is 0 Å². The summed E-state index contributed by atoms with van der Waals surface area (Å²) in [6.07, 6.45) is 2.40. The molecular formula is C14H16N4O5S. The van der Waals surface area contributed by atoms with Crippen LogP contribution in [0.4, 0.5) is 5.69 Å². The molecule has 4 N–H and O–H groups in total. The van der Waals surface area contributed by atoms with Crippen LogP contribution in [0.3, 0.4) is 0 Å². The smallest absolute Gasteiger partial charge is 0.294 e. The van der Waals surface area contributed by atoms with E-state index in [0.717, 1.165) is 6.07 Å². The molecule has 2 amide bonds. The highest BCUT2D eigenvalue weighted by Gasteiger charge is 2.13. The maximum absolute atomic E-state index is 12.0. The summed E-state index contributed by atoms with van der Waals surface area (Å²) >= 11 is 0. The molecule has 128 valence electrons. The van der Waals surface area contributed by atoms with Crippen molar-refractivity contribution in [2.75, 3.05) is 18.4 Å². The van der Waals surface area contributed by atoms with Crippen molar-refractivity contribution in [2.45, 2.75) is 11.3 Å². The molecule has 0 aliphatic carbocycles. The van der Waals surface area contributed by atoms with Gasteiger partial charge in [0.05, 0.1) is 4.90 Å². The van der Waals surface area contributed by atoms with Crippen molar-refractivity contribution < 1.29 is 22.6 Å². The molecule has 0 aromatic heterocycles. The molecule has 9 nitrogen and oxygen atoms in total. The number of hydrogen-bond donors (Lipinski definition) is 4. The third kappa shape index (κ3) is 6.47. The lowest BCUT2D eigenvalue weighted by Gasteiger charge is -2.06. The molecule has 1 rings (SSSR count). The largest absolute Gasteiger partial charge is 0.390 e. The fraction of sp³-hybridized carbons (Fsp3) is 0.214. The van der Waals surface area contributed by atoms with E-state index in [0.29, 0.717) is 25.9 Å². The molecule has 0 aliphatic heterocycles. The van der Waals surface area contributed by atoms with Crippen molar-refractivity contribution in [2.24, 2.45) is 0 Å². The van der Waals surface area contributed by atoms with Crippen LogP contribution in [0.25, 0.3) is 0 Å². The van der Waals surface area contributed by atoms with Gasteiger partial charge in [-0.3, -0.25) is 14.1 Å². The van der Waals surface area contributed by atoms with E-state index in [9.17, 15) is 18.0 Å². The first kappa shape index (κ1) is 19.1. The minimum atomic E-state index is -4.39. The average Bonchev–Trinajstić information content (AvgIpc) is 2.53. The topological polar surface area (TPSA) is 148 Å². The van der Waals surface area contributed by atoms with Crippen LogP contribution in [0.1, 0.15) is 6.42 Å². The van der Waals surface area contributed by atoms with Crippen molar-refractivity contribution in [3.63, 3.8) is 0 Å². The molecule has 0 spiro atoms. The fourth-order valence-corrected chi connectivity index (χ4v) is 2.13. The van der Waals surface area contributed by atoms with E-state index in [-0.39, 0.29) is 16.2 Å². The molecule has 0 unspecified atom stereocenters. The Morgan fingerprint density at radius 2 is 2.00 bits per heavy atom. The summed E-state index contributed by atoms with van der Waals surface area (Å²) in [5.41, 5.74) is -0.0953. The highest BCUT2D eigenvalue weighted by molar-refractivity contribution is 7.85. The third-order valence-electron chi connectivity index (χ3n) is 2.73. The van der Waals surface area contributed by atoms with Crippen molar-refractivity contribution >= 4 is 28.1 Å². The van der Waals surface area contributed by atoms with E-state index >= 15 is 0 Å². The van der Waals surface area contributed by atoms with Gasteiger partial charge >= 0.3 is 0 Å². The molecule has 0 radical (unpaired) electrons. The van der Waals surface area contributed by atoms with E-state index in [1.54, 1.807) is 6.07 Å². The zero-order valence-corrected chi connectivity index (χ0v) is 13.3. The Kier molecular flexibility index (Phi) is 7.41. The van der Waals surface area contributed by atoms with Gasteiger partial charge in [-0.2, -0.15) is 13.7 Å². The zero-order valence-electron chi connectivity index (χ0n) is 12.5. The van der Waals surface area contributed by atoms with Crippen LogP contribution in [0, 0.1) is 11.3 Å². The zero-order chi connectivity index (χ0) is 18.0. The molecule has 1 aromatic rings. The number of carbonyl (C=O) groups is 2. The van der Waals surface area contributed by atoms with Crippen LogP contribution >= 0.6 is 0 Å². The van der Waals surface area contributed by atoms with Gasteiger partial charge in [0.25, 0.3) is 16.0 Å². The van der Waals surface area contributed by atoms with Gasteiger partial charge in [-0.25, -0.2) is 0 Å². The lowest BCUT2D eigenvalue weighted by atomic mass is 10.2. The number of amides is 2. The molecule has 0 atom stereocenters. The summed E-state index contributed by atoms with van der Waals surface area (Å²) < 4.78 is 31.1. The first-order chi connectivity index (χ1) is 11.4.